The maximum absolute atomic E-state index is 12.7. The molecule has 0 saturated heterocycles. The minimum Gasteiger partial charge on any atom is -0.490 e. The summed E-state index contributed by atoms with van der Waals surface area (Å²) in [5.41, 5.74) is 1.36. The van der Waals surface area contributed by atoms with Crippen LogP contribution >= 0.6 is 0 Å². The third-order valence-electron chi connectivity index (χ3n) is 5.42. The Morgan fingerprint density at radius 2 is 1.46 bits per heavy atom. The summed E-state index contributed by atoms with van der Waals surface area (Å²) in [5.74, 6) is -0.351. The molecule has 1 aliphatic heterocycles. The van der Waals surface area contributed by atoms with E-state index < -0.39 is 5.97 Å². The van der Waals surface area contributed by atoms with Gasteiger partial charge in [-0.05, 0) is 49.9 Å². The van der Waals surface area contributed by atoms with Crippen molar-refractivity contribution in [2.75, 3.05) is 7.11 Å². The number of benzene rings is 2. The molecule has 0 spiro atoms. The van der Waals surface area contributed by atoms with Crippen LogP contribution < -0.4 is 4.74 Å². The number of imide groups is 1. The van der Waals surface area contributed by atoms with Crippen molar-refractivity contribution in [3.63, 3.8) is 0 Å². The number of hydrogen-bond donors (Lipinski definition) is 0. The van der Waals surface area contributed by atoms with Crippen LogP contribution in [0.25, 0.3) is 0 Å². The van der Waals surface area contributed by atoms with Crippen molar-refractivity contribution in [1.82, 2.24) is 4.90 Å². The first-order valence-corrected chi connectivity index (χ1v) is 9.41. The predicted molar refractivity (Wildman–Crippen MR) is 101 cm³/mol. The Kier molecular flexibility index (Phi) is 4.86. The summed E-state index contributed by atoms with van der Waals surface area (Å²) >= 11 is 0. The van der Waals surface area contributed by atoms with Crippen molar-refractivity contribution < 1.29 is 23.9 Å². The summed E-state index contributed by atoms with van der Waals surface area (Å²) in [5, 5.41) is 0. The second kappa shape index (κ2) is 7.46. The molecular formula is C22H21NO5. The van der Waals surface area contributed by atoms with E-state index in [1.54, 1.807) is 42.5 Å². The number of ether oxygens (including phenoxy) is 2. The average Bonchev–Trinajstić information content (AvgIpc) is 2.99. The normalized spacial score (nSPS) is 21.4. The molecule has 2 aromatic rings. The number of methoxy groups -OCH3 is 1. The van der Waals surface area contributed by atoms with Crippen LogP contribution in [0.2, 0.25) is 0 Å². The lowest BCUT2D eigenvalue weighted by atomic mass is 9.91. The van der Waals surface area contributed by atoms with Crippen molar-refractivity contribution in [3.8, 4) is 5.75 Å². The summed E-state index contributed by atoms with van der Waals surface area (Å²) in [7, 11) is 1.34. The van der Waals surface area contributed by atoms with Gasteiger partial charge in [0, 0.05) is 6.04 Å². The molecule has 6 nitrogen and oxygen atoms in total. The molecule has 1 saturated carbocycles. The number of para-hydroxylation sites is 1. The quantitative estimate of drug-likeness (QED) is 0.601. The van der Waals surface area contributed by atoms with Gasteiger partial charge in [0.15, 0.2) is 0 Å². The molecule has 1 fully saturated rings. The van der Waals surface area contributed by atoms with E-state index in [2.05, 4.69) is 0 Å². The summed E-state index contributed by atoms with van der Waals surface area (Å²) in [6.07, 6.45) is 2.69. The number of nitrogens with zero attached hydrogens (tertiary/aromatic N) is 1. The van der Waals surface area contributed by atoms with Gasteiger partial charge in [-0.2, -0.15) is 0 Å². The van der Waals surface area contributed by atoms with Gasteiger partial charge < -0.3 is 9.47 Å². The highest BCUT2D eigenvalue weighted by molar-refractivity contribution is 6.21. The van der Waals surface area contributed by atoms with Crippen LogP contribution in [0, 0.1) is 0 Å². The van der Waals surface area contributed by atoms with E-state index in [0.717, 1.165) is 0 Å². The summed E-state index contributed by atoms with van der Waals surface area (Å²) in [4.78, 5) is 38.6. The zero-order chi connectivity index (χ0) is 19.7. The monoisotopic (exact) mass is 379 g/mol. The van der Waals surface area contributed by atoms with E-state index in [-0.39, 0.29) is 24.0 Å². The first-order valence-electron chi connectivity index (χ1n) is 9.41. The third-order valence-corrected chi connectivity index (χ3v) is 5.42. The van der Waals surface area contributed by atoms with Crippen molar-refractivity contribution in [3.05, 3.63) is 65.2 Å². The lowest BCUT2D eigenvalue weighted by Gasteiger charge is -2.33. The molecule has 2 aromatic carbocycles. The van der Waals surface area contributed by atoms with E-state index in [0.29, 0.717) is 48.1 Å². The topological polar surface area (TPSA) is 72.9 Å². The van der Waals surface area contributed by atoms with E-state index in [1.165, 1.54) is 12.0 Å². The van der Waals surface area contributed by atoms with Gasteiger partial charge in [0.1, 0.15) is 11.3 Å². The molecule has 0 aromatic heterocycles. The van der Waals surface area contributed by atoms with E-state index in [9.17, 15) is 14.4 Å². The molecule has 0 bridgehead atoms. The first kappa shape index (κ1) is 18.2. The number of carbonyl (C=O) groups is 3. The molecule has 1 heterocycles. The fourth-order valence-corrected chi connectivity index (χ4v) is 3.99. The predicted octanol–water partition coefficient (Wildman–Crippen LogP) is 3.46. The van der Waals surface area contributed by atoms with Gasteiger partial charge >= 0.3 is 5.97 Å². The van der Waals surface area contributed by atoms with Crippen LogP contribution in [0.15, 0.2) is 48.5 Å². The Labute approximate surface area is 163 Å². The molecular weight excluding hydrogens is 358 g/mol. The Balaban J connectivity index is 1.42. The van der Waals surface area contributed by atoms with Crippen LogP contribution in [0.4, 0.5) is 0 Å². The molecule has 144 valence electrons. The van der Waals surface area contributed by atoms with E-state index >= 15 is 0 Å². The molecule has 28 heavy (non-hydrogen) atoms. The highest BCUT2D eigenvalue weighted by atomic mass is 16.5. The largest absolute Gasteiger partial charge is 0.490 e. The average molecular weight is 379 g/mol. The second-order valence-electron chi connectivity index (χ2n) is 7.06. The van der Waals surface area contributed by atoms with Crippen molar-refractivity contribution in [2.24, 2.45) is 0 Å². The lowest BCUT2D eigenvalue weighted by molar-refractivity contribution is 0.0466. The number of hydrogen-bond acceptors (Lipinski definition) is 5. The number of amides is 2. The van der Waals surface area contributed by atoms with Crippen LogP contribution in [-0.4, -0.2) is 41.9 Å². The van der Waals surface area contributed by atoms with Gasteiger partial charge in [0.25, 0.3) is 11.8 Å². The maximum Gasteiger partial charge on any atom is 0.341 e. The number of esters is 1. The third kappa shape index (κ3) is 3.15. The highest BCUT2D eigenvalue weighted by Gasteiger charge is 2.41. The Morgan fingerprint density at radius 3 is 2.07 bits per heavy atom. The second-order valence-corrected chi connectivity index (χ2v) is 7.06. The molecule has 6 heteroatoms. The molecule has 0 radical (unpaired) electrons. The van der Waals surface area contributed by atoms with Crippen LogP contribution in [-0.2, 0) is 4.74 Å². The summed E-state index contributed by atoms with van der Waals surface area (Å²) < 4.78 is 10.9. The number of fused-ring (bicyclic) bond motifs is 1. The number of carbonyl (C=O) groups excluding carboxylic acids is 3. The van der Waals surface area contributed by atoms with E-state index in [1.807, 2.05) is 6.07 Å². The minimum absolute atomic E-state index is 0.0720. The summed E-state index contributed by atoms with van der Waals surface area (Å²) in [6.45, 7) is 0. The molecule has 1 aliphatic carbocycles. The Bertz CT molecular complexity index is 895. The zero-order valence-corrected chi connectivity index (χ0v) is 15.6. The molecule has 2 aliphatic rings. The van der Waals surface area contributed by atoms with E-state index in [4.69, 9.17) is 9.47 Å². The lowest BCUT2D eigenvalue weighted by Crippen LogP contribution is -2.43. The van der Waals surface area contributed by atoms with Crippen LogP contribution in [0.3, 0.4) is 0 Å². The van der Waals surface area contributed by atoms with Crippen molar-refractivity contribution in [2.45, 2.75) is 37.8 Å². The minimum atomic E-state index is -0.435. The van der Waals surface area contributed by atoms with Crippen molar-refractivity contribution >= 4 is 17.8 Å². The molecule has 4 rings (SSSR count). The standard InChI is InChI=1S/C22H21NO5/c1-27-22(26)18-8-4-5-9-19(18)28-15-12-10-14(11-13-15)23-20(24)16-6-2-3-7-17(16)21(23)25/h2-9,14-15H,10-13H2,1H3. The van der Waals surface area contributed by atoms with Gasteiger partial charge in [-0.25, -0.2) is 4.79 Å². The van der Waals surface area contributed by atoms with Crippen molar-refractivity contribution in [1.29, 1.82) is 0 Å². The molecule has 0 atom stereocenters. The molecule has 0 unspecified atom stereocenters. The van der Waals surface area contributed by atoms with Crippen LogP contribution in [0.5, 0.6) is 5.75 Å². The fraction of sp³-hybridized carbons (Fsp3) is 0.318. The highest BCUT2D eigenvalue weighted by Crippen LogP contribution is 2.33. The first-order chi connectivity index (χ1) is 13.6. The maximum atomic E-state index is 12.7. The molecule has 0 N–H and O–H groups in total. The smallest absolute Gasteiger partial charge is 0.341 e. The van der Waals surface area contributed by atoms with Crippen LogP contribution in [0.1, 0.15) is 56.8 Å². The Morgan fingerprint density at radius 1 is 0.893 bits per heavy atom. The van der Waals surface area contributed by atoms with Gasteiger partial charge in [-0.3, -0.25) is 14.5 Å². The van der Waals surface area contributed by atoms with Gasteiger partial charge in [-0.15, -0.1) is 0 Å². The van der Waals surface area contributed by atoms with Gasteiger partial charge in [0.2, 0.25) is 0 Å². The summed E-state index contributed by atoms with van der Waals surface area (Å²) in [6, 6.07) is 13.8. The fourth-order valence-electron chi connectivity index (χ4n) is 3.99. The Hall–Kier alpha value is -3.15. The SMILES string of the molecule is COC(=O)c1ccccc1OC1CCC(N2C(=O)c3ccccc3C2=O)CC1. The number of rotatable bonds is 4. The molecule has 2 amide bonds. The zero-order valence-electron chi connectivity index (χ0n) is 15.6. The van der Waals surface area contributed by atoms with Gasteiger partial charge in [-0.1, -0.05) is 24.3 Å². The van der Waals surface area contributed by atoms with Gasteiger partial charge in [0.05, 0.1) is 24.3 Å².